The molecule has 212 valence electrons. The predicted octanol–water partition coefficient (Wildman–Crippen LogP) is -4.24. The molecule has 0 bridgehead atoms. The van der Waals surface area contributed by atoms with Crippen LogP contribution in [0, 0.1) is 0 Å². The fourth-order valence-corrected chi connectivity index (χ4v) is 1.11. The molecule has 0 saturated carbocycles. The molecule has 0 amide bonds. The van der Waals surface area contributed by atoms with E-state index in [4.69, 9.17) is 66.4 Å². The largest absolute Gasteiger partial charge is 0.481 e. The second kappa shape index (κ2) is 39.2. The number of rotatable bonds is 14. The average Bonchev–Trinajstić information content (AvgIpc) is 2.87. The van der Waals surface area contributed by atoms with Crippen molar-refractivity contribution in [3.63, 3.8) is 0 Å². The van der Waals surface area contributed by atoms with Gasteiger partial charge in [-0.25, -0.2) is 0 Å². The lowest BCUT2D eigenvalue weighted by atomic mass is 10.1. The van der Waals surface area contributed by atoms with Crippen LogP contribution in [0.15, 0.2) is 0 Å². The number of carboxylic acid groups (broad SMARTS) is 1. The van der Waals surface area contributed by atoms with Crippen LogP contribution in [-0.4, -0.2) is 150 Å². The van der Waals surface area contributed by atoms with E-state index in [9.17, 15) is 4.79 Å². The summed E-state index contributed by atoms with van der Waals surface area (Å²) >= 11 is 0. The van der Waals surface area contributed by atoms with Gasteiger partial charge in [0.2, 0.25) is 0 Å². The molecule has 0 fully saturated rings. The normalized spacial score (nSPS) is 9.91. The van der Waals surface area contributed by atoms with E-state index in [1.54, 1.807) is 0 Å². The van der Waals surface area contributed by atoms with Gasteiger partial charge in [0.1, 0.15) is 24.4 Å². The zero-order valence-electron chi connectivity index (χ0n) is 19.9. The van der Waals surface area contributed by atoms with Crippen molar-refractivity contribution in [1.82, 2.24) is 0 Å². The maximum Gasteiger partial charge on any atom is 0.303 e. The molecule has 0 aromatic heterocycles. The van der Waals surface area contributed by atoms with Gasteiger partial charge in [-0.05, 0) is 6.42 Å². The smallest absolute Gasteiger partial charge is 0.303 e. The predicted molar refractivity (Wildman–Crippen MR) is 122 cm³/mol. The van der Waals surface area contributed by atoms with E-state index in [-0.39, 0.29) is 52.9 Å². The third-order valence-corrected chi connectivity index (χ3v) is 3.18. The molecule has 0 aliphatic heterocycles. The summed E-state index contributed by atoms with van der Waals surface area (Å²) in [4.78, 5) is 10.0. The van der Waals surface area contributed by atoms with Gasteiger partial charge in [0.25, 0.3) is 0 Å². The number of aliphatic hydroxyl groups excluding tert-OH is 12. The fraction of sp³-hybridized carbons (Fsp3) is 0.950. The van der Waals surface area contributed by atoms with Gasteiger partial charge in [-0.1, -0.05) is 32.6 Å². The Labute approximate surface area is 200 Å². The zero-order valence-corrected chi connectivity index (χ0v) is 19.9. The molecule has 0 aliphatic carbocycles. The summed E-state index contributed by atoms with van der Waals surface area (Å²) < 4.78 is 0. The Morgan fingerprint density at radius 2 is 0.735 bits per heavy atom. The molecule has 0 spiro atoms. The van der Waals surface area contributed by atoms with Gasteiger partial charge in [-0.3, -0.25) is 4.79 Å². The third-order valence-electron chi connectivity index (χ3n) is 3.18. The molecule has 14 heteroatoms. The van der Waals surface area contributed by atoms with Crippen LogP contribution >= 0.6 is 0 Å². The molecule has 0 heterocycles. The number of hydrogen-bond acceptors (Lipinski definition) is 13. The van der Waals surface area contributed by atoms with Crippen LogP contribution < -0.4 is 0 Å². The van der Waals surface area contributed by atoms with Crippen molar-refractivity contribution in [2.24, 2.45) is 0 Å². The first-order chi connectivity index (χ1) is 16.0. The Hall–Kier alpha value is -1.01. The van der Waals surface area contributed by atoms with E-state index in [2.05, 4.69) is 6.92 Å². The fourth-order valence-electron chi connectivity index (χ4n) is 1.11. The number of aliphatic carboxylic acids is 1. The highest BCUT2D eigenvalue weighted by atomic mass is 16.4. The van der Waals surface area contributed by atoms with E-state index in [0.717, 1.165) is 12.8 Å². The first kappa shape index (κ1) is 43.1. The number of aliphatic hydroxyl groups is 12. The summed E-state index contributed by atoms with van der Waals surface area (Å²) in [6.45, 7) is -0.767. The lowest BCUT2D eigenvalue weighted by molar-refractivity contribution is -0.137. The topological polar surface area (TPSA) is 280 Å². The first-order valence-electron chi connectivity index (χ1n) is 10.8. The summed E-state index contributed by atoms with van der Waals surface area (Å²) in [7, 11) is 0. The van der Waals surface area contributed by atoms with Gasteiger partial charge >= 0.3 is 5.97 Å². The van der Waals surface area contributed by atoms with E-state index in [1.807, 2.05) is 0 Å². The highest BCUT2D eigenvalue weighted by Crippen LogP contribution is 2.04. The van der Waals surface area contributed by atoms with E-state index in [0.29, 0.717) is 6.42 Å². The molecule has 0 saturated heterocycles. The molecule has 0 aromatic rings. The summed E-state index contributed by atoms with van der Waals surface area (Å²) in [5.41, 5.74) is 0. The van der Waals surface area contributed by atoms with Crippen LogP contribution in [0.25, 0.3) is 0 Å². The molecule has 34 heavy (non-hydrogen) atoms. The summed E-state index contributed by atoms with van der Waals surface area (Å²) in [5.74, 6) is -0.670. The molecule has 0 atom stereocenters. The van der Waals surface area contributed by atoms with Crippen molar-refractivity contribution in [3.05, 3.63) is 0 Å². The van der Waals surface area contributed by atoms with E-state index >= 15 is 0 Å². The monoisotopic (exact) mass is 512 g/mol. The van der Waals surface area contributed by atoms with Gasteiger partial charge in [0.15, 0.2) is 0 Å². The van der Waals surface area contributed by atoms with Crippen LogP contribution in [0.3, 0.4) is 0 Å². The Morgan fingerprint density at radius 1 is 0.500 bits per heavy atom. The van der Waals surface area contributed by atoms with E-state index < -0.39 is 30.4 Å². The molecule has 0 unspecified atom stereocenters. The standard InChI is InChI=1S/C8H16O2.4C3H8O3/c1-2-3-4-5-6-7-8(9)10;4*4-1-3(6)2-5/h2-7H2,1H3,(H,9,10);4*3-6H,1-2H2. The second-order valence-corrected chi connectivity index (χ2v) is 6.63. The van der Waals surface area contributed by atoms with Crippen molar-refractivity contribution in [2.75, 3.05) is 52.9 Å². The van der Waals surface area contributed by atoms with Crippen molar-refractivity contribution in [3.8, 4) is 0 Å². The molecule has 0 aromatic carbocycles. The molecule has 0 rings (SSSR count). The Balaban J connectivity index is -0.000000105. The van der Waals surface area contributed by atoms with Crippen LogP contribution in [0.2, 0.25) is 0 Å². The van der Waals surface area contributed by atoms with Gasteiger partial charge in [0, 0.05) is 6.42 Å². The van der Waals surface area contributed by atoms with Crippen LogP contribution in [0.4, 0.5) is 0 Å². The number of carboxylic acids is 1. The maximum atomic E-state index is 10.0. The summed E-state index contributed by atoms with van der Waals surface area (Å²) in [6.07, 6.45) is 2.07. The molecule has 0 aliphatic rings. The maximum absolute atomic E-state index is 10.0. The van der Waals surface area contributed by atoms with Crippen LogP contribution in [-0.2, 0) is 4.79 Å². The molecular formula is C20H48O14. The van der Waals surface area contributed by atoms with Crippen molar-refractivity contribution in [1.29, 1.82) is 0 Å². The quantitative estimate of drug-likeness (QED) is 0.0982. The second-order valence-electron chi connectivity index (χ2n) is 6.63. The lowest BCUT2D eigenvalue weighted by Crippen LogP contribution is -2.15. The van der Waals surface area contributed by atoms with Gasteiger partial charge in [-0.15, -0.1) is 0 Å². The van der Waals surface area contributed by atoms with Crippen LogP contribution in [0.1, 0.15) is 45.4 Å². The minimum absolute atomic E-state index is 0.337. The minimum Gasteiger partial charge on any atom is -0.481 e. The molecular weight excluding hydrogens is 464 g/mol. The summed E-state index contributed by atoms with van der Waals surface area (Å²) in [6, 6.07) is 0. The zero-order chi connectivity index (χ0) is 27.8. The average molecular weight is 513 g/mol. The van der Waals surface area contributed by atoms with Gasteiger partial charge < -0.3 is 66.4 Å². The lowest BCUT2D eigenvalue weighted by Gasteiger charge is -1.96. The number of unbranched alkanes of at least 4 members (excludes halogenated alkanes) is 4. The molecule has 13 N–H and O–H groups in total. The molecule has 14 nitrogen and oxygen atoms in total. The Kier molecular flexibility index (Phi) is 49.7. The van der Waals surface area contributed by atoms with Crippen molar-refractivity contribution in [2.45, 2.75) is 69.9 Å². The van der Waals surface area contributed by atoms with E-state index in [1.165, 1.54) is 19.3 Å². The SMILES string of the molecule is CCCCCCCC(=O)O.OCC(O)CO.OCC(O)CO.OCC(O)CO.OCC(O)CO. The number of carbonyl (C=O) groups is 1. The van der Waals surface area contributed by atoms with Gasteiger partial charge in [0.05, 0.1) is 52.9 Å². The summed E-state index contributed by atoms with van der Waals surface area (Å²) in [5, 5.41) is 104. The Bertz CT molecular complexity index is 293. The third kappa shape index (κ3) is 57.6. The highest BCUT2D eigenvalue weighted by Gasteiger charge is 1.96. The van der Waals surface area contributed by atoms with Crippen molar-refractivity contribution >= 4 is 5.97 Å². The highest BCUT2D eigenvalue weighted by molar-refractivity contribution is 5.66. The van der Waals surface area contributed by atoms with Crippen molar-refractivity contribution < 1.29 is 71.2 Å². The minimum atomic E-state index is -0.954. The molecule has 0 radical (unpaired) electrons. The van der Waals surface area contributed by atoms with Gasteiger partial charge in [-0.2, -0.15) is 0 Å². The van der Waals surface area contributed by atoms with Crippen LogP contribution in [0.5, 0.6) is 0 Å². The number of hydrogen-bond donors (Lipinski definition) is 13. The first-order valence-corrected chi connectivity index (χ1v) is 10.8. The Morgan fingerprint density at radius 3 is 0.882 bits per heavy atom.